The lowest BCUT2D eigenvalue weighted by Gasteiger charge is -2.35. The lowest BCUT2D eigenvalue weighted by atomic mass is 9.82. The number of rotatable bonds is 6. The van der Waals surface area contributed by atoms with Gasteiger partial charge in [-0.3, -0.25) is 9.48 Å². The van der Waals surface area contributed by atoms with Crippen molar-refractivity contribution in [1.29, 1.82) is 0 Å². The molecule has 2 heterocycles. The molecule has 0 saturated heterocycles. The van der Waals surface area contributed by atoms with Gasteiger partial charge in [0.25, 0.3) is 5.91 Å². The van der Waals surface area contributed by atoms with Crippen molar-refractivity contribution < 1.29 is 22.7 Å². The standard InChI is InChI=1S/C23H26F3N3O2/c1-2-19-20-18(28-29(19)10-8-14-3-4-14)12-22(27-21(20)30)9-7-15-11-16(5-6-17(15)22)31-13-23(24,25)26/h5-6,11,14H,2-4,7-10,12-13H2,1H3,(H,27,30)/t22-/m0/s1. The van der Waals surface area contributed by atoms with Crippen molar-refractivity contribution in [3.63, 3.8) is 0 Å². The summed E-state index contributed by atoms with van der Waals surface area (Å²) in [7, 11) is 0. The first-order valence-corrected chi connectivity index (χ1v) is 11.0. The highest BCUT2D eigenvalue weighted by Gasteiger charge is 2.46. The number of nitrogens with one attached hydrogen (secondary N) is 1. The second kappa shape index (κ2) is 7.28. The maximum Gasteiger partial charge on any atom is 0.422 e. The molecule has 166 valence electrons. The number of aryl methyl sites for hydroxylation is 2. The number of fused-ring (bicyclic) bond motifs is 3. The van der Waals surface area contributed by atoms with Gasteiger partial charge < -0.3 is 10.1 Å². The summed E-state index contributed by atoms with van der Waals surface area (Å²) in [6.07, 6.45) is 2.04. The van der Waals surface area contributed by atoms with Crippen molar-refractivity contribution in [2.75, 3.05) is 6.61 Å². The SMILES string of the molecule is CCc1c2c(nn1CCC1CC1)C[C@]1(CCc3cc(OCC(F)(F)F)ccc31)NC2=O. The number of aromatic nitrogens is 2. The van der Waals surface area contributed by atoms with E-state index in [4.69, 9.17) is 9.84 Å². The molecule has 1 fully saturated rings. The van der Waals surface area contributed by atoms with Gasteiger partial charge in [-0.25, -0.2) is 0 Å². The topological polar surface area (TPSA) is 56.1 Å². The van der Waals surface area contributed by atoms with Crippen molar-refractivity contribution in [2.24, 2.45) is 5.92 Å². The van der Waals surface area contributed by atoms with Gasteiger partial charge in [-0.2, -0.15) is 18.3 Å². The first-order chi connectivity index (χ1) is 14.8. The van der Waals surface area contributed by atoms with Gasteiger partial charge >= 0.3 is 6.18 Å². The number of carbonyl (C=O) groups excluding carboxylic acids is 1. The molecule has 2 aliphatic carbocycles. The van der Waals surface area contributed by atoms with Gasteiger partial charge in [0.1, 0.15) is 5.75 Å². The maximum atomic E-state index is 13.2. The summed E-state index contributed by atoms with van der Waals surface area (Å²) in [6, 6.07) is 5.03. The second-order valence-electron chi connectivity index (χ2n) is 9.01. The lowest BCUT2D eigenvalue weighted by molar-refractivity contribution is -0.153. The summed E-state index contributed by atoms with van der Waals surface area (Å²) < 4.78 is 44.3. The molecule has 1 atom stereocenters. The monoisotopic (exact) mass is 433 g/mol. The number of alkyl halides is 3. The van der Waals surface area contributed by atoms with Crippen LogP contribution in [0.3, 0.4) is 0 Å². The van der Waals surface area contributed by atoms with Crippen LogP contribution in [0.25, 0.3) is 0 Å². The predicted molar refractivity (Wildman–Crippen MR) is 108 cm³/mol. The van der Waals surface area contributed by atoms with Gasteiger partial charge in [-0.15, -0.1) is 0 Å². The molecular weight excluding hydrogens is 407 g/mol. The Bertz CT molecular complexity index is 1030. The van der Waals surface area contributed by atoms with Crippen LogP contribution < -0.4 is 10.1 Å². The molecule has 0 bridgehead atoms. The first-order valence-electron chi connectivity index (χ1n) is 11.0. The largest absolute Gasteiger partial charge is 0.484 e. The van der Waals surface area contributed by atoms with Crippen molar-refractivity contribution >= 4 is 5.91 Å². The van der Waals surface area contributed by atoms with Crippen molar-refractivity contribution in [3.8, 4) is 5.75 Å². The molecule has 1 N–H and O–H groups in total. The zero-order chi connectivity index (χ0) is 21.8. The molecule has 2 aromatic rings. The van der Waals surface area contributed by atoms with Crippen LogP contribution in [0.1, 0.15) is 65.5 Å². The highest BCUT2D eigenvalue weighted by atomic mass is 19.4. The summed E-state index contributed by atoms with van der Waals surface area (Å²) in [5, 5.41) is 8.08. The van der Waals surface area contributed by atoms with Crippen LogP contribution in [0.2, 0.25) is 0 Å². The third-order valence-electron chi connectivity index (χ3n) is 6.78. The van der Waals surface area contributed by atoms with Crippen LogP contribution in [0.4, 0.5) is 13.2 Å². The minimum atomic E-state index is -4.37. The van der Waals surface area contributed by atoms with Crippen molar-refractivity contribution in [3.05, 3.63) is 46.3 Å². The van der Waals surface area contributed by atoms with E-state index in [0.29, 0.717) is 24.8 Å². The molecule has 3 aliphatic rings. The third kappa shape index (κ3) is 3.81. The molecule has 5 nitrogen and oxygen atoms in total. The molecule has 1 amide bonds. The summed E-state index contributed by atoms with van der Waals surface area (Å²) in [6.45, 7) is 1.59. The minimum absolute atomic E-state index is 0.0963. The Balaban J connectivity index is 1.41. The number of halogens is 3. The average Bonchev–Trinajstić information content (AvgIpc) is 3.40. The van der Waals surface area contributed by atoms with E-state index in [1.807, 2.05) is 4.68 Å². The quantitative estimate of drug-likeness (QED) is 0.739. The molecule has 1 saturated carbocycles. The highest BCUT2D eigenvalue weighted by Crippen LogP contribution is 2.44. The smallest absolute Gasteiger partial charge is 0.422 e. The van der Waals surface area contributed by atoms with Crippen molar-refractivity contribution in [2.45, 2.75) is 70.1 Å². The van der Waals surface area contributed by atoms with Gasteiger partial charge in [0.15, 0.2) is 6.61 Å². The van der Waals surface area contributed by atoms with Gasteiger partial charge in [0, 0.05) is 13.0 Å². The maximum absolute atomic E-state index is 13.2. The Labute approximate surface area is 179 Å². The summed E-state index contributed by atoms with van der Waals surface area (Å²) in [4.78, 5) is 13.2. The van der Waals surface area contributed by atoms with Crippen LogP contribution in [0.15, 0.2) is 18.2 Å². The minimum Gasteiger partial charge on any atom is -0.484 e. The number of hydrogen-bond donors (Lipinski definition) is 1. The zero-order valence-electron chi connectivity index (χ0n) is 17.5. The van der Waals surface area contributed by atoms with E-state index in [9.17, 15) is 18.0 Å². The fourth-order valence-electron chi connectivity index (χ4n) is 5.10. The van der Waals surface area contributed by atoms with Crippen LogP contribution >= 0.6 is 0 Å². The number of nitrogens with zero attached hydrogens (tertiary/aromatic N) is 2. The molecule has 8 heteroatoms. The highest BCUT2D eigenvalue weighted by molar-refractivity contribution is 5.98. The van der Waals surface area contributed by atoms with Crippen LogP contribution in [0, 0.1) is 5.92 Å². The predicted octanol–water partition coefficient (Wildman–Crippen LogP) is 4.31. The van der Waals surface area contributed by atoms with E-state index >= 15 is 0 Å². The molecule has 5 rings (SSSR count). The van der Waals surface area contributed by atoms with E-state index in [0.717, 1.165) is 47.8 Å². The normalized spacial score (nSPS) is 22.4. The van der Waals surface area contributed by atoms with Crippen molar-refractivity contribution in [1.82, 2.24) is 15.1 Å². The van der Waals surface area contributed by atoms with Crippen LogP contribution in [0.5, 0.6) is 5.75 Å². The Kier molecular flexibility index (Phi) is 4.79. The number of carbonyl (C=O) groups is 1. The molecule has 0 unspecified atom stereocenters. The fraction of sp³-hybridized carbons (Fsp3) is 0.565. The number of hydrogen-bond acceptors (Lipinski definition) is 3. The average molecular weight is 433 g/mol. The molecule has 1 aromatic carbocycles. The second-order valence-corrected chi connectivity index (χ2v) is 9.01. The van der Waals surface area contributed by atoms with Crippen LogP contribution in [-0.2, 0) is 31.3 Å². The Morgan fingerprint density at radius 1 is 1.32 bits per heavy atom. The first kappa shape index (κ1) is 20.4. The molecule has 1 aliphatic heterocycles. The van der Waals surface area contributed by atoms with Gasteiger partial charge in [0.05, 0.1) is 22.5 Å². The van der Waals surface area contributed by atoms with E-state index in [1.165, 1.54) is 12.8 Å². The van der Waals surface area contributed by atoms with E-state index in [2.05, 4.69) is 12.2 Å². The zero-order valence-corrected chi connectivity index (χ0v) is 17.5. The summed E-state index contributed by atoms with van der Waals surface area (Å²) in [5.41, 5.74) is 3.87. The van der Waals surface area contributed by atoms with E-state index in [-0.39, 0.29) is 11.7 Å². The Morgan fingerprint density at radius 2 is 2.13 bits per heavy atom. The van der Waals surface area contributed by atoms with Gasteiger partial charge in [-0.05, 0) is 54.9 Å². The molecule has 31 heavy (non-hydrogen) atoms. The van der Waals surface area contributed by atoms with Crippen LogP contribution in [-0.4, -0.2) is 28.5 Å². The fourth-order valence-corrected chi connectivity index (χ4v) is 5.10. The molecule has 0 radical (unpaired) electrons. The van der Waals surface area contributed by atoms with Gasteiger partial charge in [0.2, 0.25) is 0 Å². The van der Waals surface area contributed by atoms with E-state index in [1.54, 1.807) is 18.2 Å². The molecular formula is C23H26F3N3O2. The number of ether oxygens (including phenoxy) is 1. The number of benzene rings is 1. The summed E-state index contributed by atoms with van der Waals surface area (Å²) >= 11 is 0. The Hall–Kier alpha value is -2.51. The third-order valence-corrected chi connectivity index (χ3v) is 6.78. The molecule has 1 aromatic heterocycles. The molecule has 1 spiro atoms. The number of amides is 1. The Morgan fingerprint density at radius 3 is 2.84 bits per heavy atom. The van der Waals surface area contributed by atoms with Gasteiger partial charge in [-0.1, -0.05) is 25.8 Å². The lowest BCUT2D eigenvalue weighted by Crippen LogP contribution is -2.50. The summed E-state index contributed by atoms with van der Waals surface area (Å²) in [5.74, 6) is 0.899. The van der Waals surface area contributed by atoms with E-state index < -0.39 is 18.3 Å².